The van der Waals surface area contributed by atoms with E-state index in [1.54, 1.807) is 24.4 Å². The SMILES string of the molecule is O=C1NC(c2ccc(CO)cc2)=N/C1=C\c1c[nH]c2ncccc12. The van der Waals surface area contributed by atoms with Crippen molar-refractivity contribution in [2.45, 2.75) is 6.61 Å². The van der Waals surface area contributed by atoms with Crippen LogP contribution >= 0.6 is 0 Å². The number of carbonyl (C=O) groups is 1. The van der Waals surface area contributed by atoms with Crippen LogP contribution in [0.4, 0.5) is 0 Å². The number of H-pyrrole nitrogens is 1. The highest BCUT2D eigenvalue weighted by Gasteiger charge is 2.21. The molecule has 1 aliphatic rings. The van der Waals surface area contributed by atoms with Crippen molar-refractivity contribution in [3.8, 4) is 0 Å². The summed E-state index contributed by atoms with van der Waals surface area (Å²) in [5.74, 6) is 0.267. The second-order valence-electron chi connectivity index (χ2n) is 5.44. The van der Waals surface area contributed by atoms with Gasteiger partial charge in [0.25, 0.3) is 5.91 Å². The largest absolute Gasteiger partial charge is 0.392 e. The fourth-order valence-corrected chi connectivity index (χ4v) is 2.62. The van der Waals surface area contributed by atoms with E-state index in [4.69, 9.17) is 5.11 Å². The highest BCUT2D eigenvalue weighted by atomic mass is 16.3. The first-order chi connectivity index (χ1) is 11.7. The number of amidine groups is 1. The number of nitrogens with zero attached hydrogens (tertiary/aromatic N) is 2. The average molecular weight is 318 g/mol. The van der Waals surface area contributed by atoms with Crippen LogP contribution in [0.5, 0.6) is 0 Å². The summed E-state index contributed by atoms with van der Waals surface area (Å²) >= 11 is 0. The third kappa shape index (κ3) is 2.49. The van der Waals surface area contributed by atoms with Crippen molar-refractivity contribution in [1.29, 1.82) is 0 Å². The molecule has 0 atom stereocenters. The van der Waals surface area contributed by atoms with Crippen LogP contribution in [0.15, 0.2) is 59.5 Å². The third-order valence-corrected chi connectivity index (χ3v) is 3.88. The molecular weight excluding hydrogens is 304 g/mol. The van der Waals surface area contributed by atoms with Gasteiger partial charge in [-0.25, -0.2) is 9.98 Å². The van der Waals surface area contributed by atoms with Crippen LogP contribution < -0.4 is 5.32 Å². The van der Waals surface area contributed by atoms with Crippen molar-refractivity contribution in [2.24, 2.45) is 4.99 Å². The maximum atomic E-state index is 12.2. The molecule has 0 spiro atoms. The first-order valence-electron chi connectivity index (χ1n) is 7.48. The number of aliphatic hydroxyl groups is 1. The summed E-state index contributed by atoms with van der Waals surface area (Å²) in [6, 6.07) is 11.0. The van der Waals surface area contributed by atoms with Crippen molar-refractivity contribution in [3.05, 3.63) is 71.2 Å². The van der Waals surface area contributed by atoms with Crippen LogP contribution in [-0.2, 0) is 11.4 Å². The van der Waals surface area contributed by atoms with E-state index in [1.807, 2.05) is 30.5 Å². The predicted octanol–water partition coefficient (Wildman–Crippen LogP) is 1.97. The molecule has 6 nitrogen and oxygen atoms in total. The fraction of sp³-hybridized carbons (Fsp3) is 0.0556. The van der Waals surface area contributed by atoms with E-state index in [-0.39, 0.29) is 12.5 Å². The Labute approximate surface area is 137 Å². The molecule has 0 radical (unpaired) electrons. The molecule has 0 unspecified atom stereocenters. The molecule has 0 bridgehead atoms. The fourth-order valence-electron chi connectivity index (χ4n) is 2.62. The summed E-state index contributed by atoms with van der Waals surface area (Å²) in [7, 11) is 0. The van der Waals surface area contributed by atoms with Crippen LogP contribution in [0, 0.1) is 0 Å². The number of fused-ring (bicyclic) bond motifs is 1. The standard InChI is InChI=1S/C18H14N4O2/c23-10-11-3-5-12(6-4-11)16-21-15(18(24)22-16)8-13-9-20-17-14(13)2-1-7-19-17/h1-9,23H,10H2,(H,19,20)(H,21,22,24)/b15-8-. The number of aromatic nitrogens is 2. The summed E-state index contributed by atoms with van der Waals surface area (Å²) in [6.45, 7) is -0.0150. The summed E-state index contributed by atoms with van der Waals surface area (Å²) in [5.41, 5.74) is 3.59. The van der Waals surface area contributed by atoms with E-state index >= 15 is 0 Å². The lowest BCUT2D eigenvalue weighted by atomic mass is 10.1. The van der Waals surface area contributed by atoms with Crippen LogP contribution in [-0.4, -0.2) is 26.8 Å². The van der Waals surface area contributed by atoms with Gasteiger partial charge >= 0.3 is 0 Å². The van der Waals surface area contributed by atoms with E-state index < -0.39 is 0 Å². The quantitative estimate of drug-likeness (QED) is 0.645. The Balaban J connectivity index is 1.70. The second-order valence-corrected chi connectivity index (χ2v) is 5.44. The Morgan fingerprint density at radius 3 is 2.79 bits per heavy atom. The number of rotatable bonds is 3. The molecule has 6 heteroatoms. The van der Waals surface area contributed by atoms with E-state index in [1.165, 1.54) is 0 Å². The van der Waals surface area contributed by atoms with Gasteiger partial charge in [0, 0.05) is 28.9 Å². The summed E-state index contributed by atoms with van der Waals surface area (Å²) in [6.07, 6.45) is 5.26. The molecule has 3 heterocycles. The molecule has 3 aromatic rings. The number of benzene rings is 1. The van der Waals surface area contributed by atoms with Crippen LogP contribution in [0.2, 0.25) is 0 Å². The molecule has 0 fully saturated rings. The monoisotopic (exact) mass is 318 g/mol. The normalized spacial score (nSPS) is 15.8. The highest BCUT2D eigenvalue weighted by Crippen LogP contribution is 2.21. The van der Waals surface area contributed by atoms with Crippen LogP contribution in [0.1, 0.15) is 16.7 Å². The Hall–Kier alpha value is -3.25. The molecular formula is C18H14N4O2. The number of pyridine rings is 1. The van der Waals surface area contributed by atoms with E-state index in [0.29, 0.717) is 11.5 Å². The lowest BCUT2D eigenvalue weighted by molar-refractivity contribution is -0.115. The predicted molar refractivity (Wildman–Crippen MR) is 91.1 cm³/mol. The molecule has 1 aromatic carbocycles. The average Bonchev–Trinajstić information content (AvgIpc) is 3.20. The zero-order valence-corrected chi connectivity index (χ0v) is 12.7. The van der Waals surface area contributed by atoms with Gasteiger partial charge in [-0.1, -0.05) is 24.3 Å². The van der Waals surface area contributed by atoms with Crippen LogP contribution in [0.25, 0.3) is 17.1 Å². The molecule has 3 N–H and O–H groups in total. The second kappa shape index (κ2) is 5.75. The van der Waals surface area contributed by atoms with Gasteiger partial charge in [-0.15, -0.1) is 0 Å². The molecule has 24 heavy (non-hydrogen) atoms. The third-order valence-electron chi connectivity index (χ3n) is 3.88. The zero-order valence-electron chi connectivity index (χ0n) is 12.7. The molecule has 1 amide bonds. The lowest BCUT2D eigenvalue weighted by Crippen LogP contribution is -2.24. The molecule has 0 saturated carbocycles. The number of aliphatic hydroxyl groups excluding tert-OH is 1. The molecule has 4 rings (SSSR count). The van der Waals surface area contributed by atoms with Crippen LogP contribution in [0.3, 0.4) is 0 Å². The van der Waals surface area contributed by atoms with Gasteiger partial charge < -0.3 is 15.4 Å². The van der Waals surface area contributed by atoms with E-state index in [9.17, 15) is 4.79 Å². The Bertz CT molecular complexity index is 984. The zero-order chi connectivity index (χ0) is 16.5. The maximum absolute atomic E-state index is 12.2. The van der Waals surface area contributed by atoms with Gasteiger partial charge in [-0.2, -0.15) is 0 Å². The molecule has 2 aromatic heterocycles. The van der Waals surface area contributed by atoms with Gasteiger partial charge in [0.1, 0.15) is 17.2 Å². The molecule has 0 aliphatic carbocycles. The number of amides is 1. The number of aromatic amines is 1. The topological polar surface area (TPSA) is 90.4 Å². The van der Waals surface area contributed by atoms with Gasteiger partial charge in [-0.05, 0) is 23.8 Å². The van der Waals surface area contributed by atoms with Gasteiger partial charge in [0.05, 0.1) is 6.61 Å². The number of hydrogen-bond acceptors (Lipinski definition) is 4. The van der Waals surface area contributed by atoms with Crippen molar-refractivity contribution in [3.63, 3.8) is 0 Å². The maximum Gasteiger partial charge on any atom is 0.275 e. The minimum Gasteiger partial charge on any atom is -0.392 e. The van der Waals surface area contributed by atoms with Gasteiger partial charge in [0.15, 0.2) is 0 Å². The number of carbonyl (C=O) groups excluding carboxylic acids is 1. The smallest absolute Gasteiger partial charge is 0.275 e. The molecule has 118 valence electrons. The van der Waals surface area contributed by atoms with Crippen molar-refractivity contribution < 1.29 is 9.90 Å². The summed E-state index contributed by atoms with van der Waals surface area (Å²) in [4.78, 5) is 23.9. The Kier molecular flexibility index (Phi) is 3.44. The van der Waals surface area contributed by atoms with Gasteiger partial charge in [0.2, 0.25) is 0 Å². The first kappa shape index (κ1) is 14.3. The van der Waals surface area contributed by atoms with Gasteiger partial charge in [-0.3, -0.25) is 4.79 Å². The Morgan fingerprint density at radius 1 is 1.17 bits per heavy atom. The number of hydrogen-bond donors (Lipinski definition) is 3. The number of aliphatic imine (C=N–C) groups is 1. The first-order valence-corrected chi connectivity index (χ1v) is 7.48. The van der Waals surface area contributed by atoms with E-state index in [0.717, 1.165) is 27.7 Å². The van der Waals surface area contributed by atoms with Crippen molar-refractivity contribution >= 4 is 28.9 Å². The Morgan fingerprint density at radius 2 is 2.00 bits per heavy atom. The highest BCUT2D eigenvalue weighted by molar-refractivity contribution is 6.20. The van der Waals surface area contributed by atoms with E-state index in [2.05, 4.69) is 20.3 Å². The molecule has 0 saturated heterocycles. The minimum absolute atomic E-state index is 0.0150. The summed E-state index contributed by atoms with van der Waals surface area (Å²) in [5, 5.41) is 12.8. The molecule has 1 aliphatic heterocycles. The summed E-state index contributed by atoms with van der Waals surface area (Å²) < 4.78 is 0. The lowest BCUT2D eigenvalue weighted by Gasteiger charge is -2.01. The van der Waals surface area contributed by atoms with Crippen molar-refractivity contribution in [1.82, 2.24) is 15.3 Å². The van der Waals surface area contributed by atoms with Crippen molar-refractivity contribution in [2.75, 3.05) is 0 Å². The number of nitrogens with one attached hydrogen (secondary N) is 2. The minimum atomic E-state index is -0.241.